The second-order valence-corrected chi connectivity index (χ2v) is 7.75. The van der Waals surface area contributed by atoms with Gasteiger partial charge in [-0.2, -0.15) is 0 Å². The van der Waals surface area contributed by atoms with Crippen LogP contribution in [0.5, 0.6) is 5.75 Å². The molecule has 3 aromatic carbocycles. The number of nitrogens with zero attached hydrogens (tertiary/aromatic N) is 1. The molecule has 1 aliphatic rings. The molecule has 0 atom stereocenters. The van der Waals surface area contributed by atoms with Crippen molar-refractivity contribution >= 4 is 28.3 Å². The van der Waals surface area contributed by atoms with E-state index in [1.165, 1.54) is 0 Å². The molecule has 0 radical (unpaired) electrons. The smallest absolute Gasteiger partial charge is 0.256 e. The number of nitrogens with one attached hydrogen (secondary N) is 1. The number of benzene rings is 3. The molecule has 30 heavy (non-hydrogen) atoms. The number of carbonyl (C=O) groups is 2. The molecular formula is C25H26N2O3. The van der Waals surface area contributed by atoms with Crippen LogP contribution in [0.1, 0.15) is 35.7 Å². The van der Waals surface area contributed by atoms with Crippen LogP contribution in [0.3, 0.4) is 0 Å². The lowest BCUT2D eigenvalue weighted by Gasteiger charge is -2.20. The second kappa shape index (κ2) is 8.57. The van der Waals surface area contributed by atoms with Crippen molar-refractivity contribution < 1.29 is 14.3 Å². The van der Waals surface area contributed by atoms with E-state index in [1.54, 1.807) is 11.9 Å². The number of fused-ring (bicyclic) bond motifs is 1. The van der Waals surface area contributed by atoms with Gasteiger partial charge in [0.2, 0.25) is 5.91 Å². The summed E-state index contributed by atoms with van der Waals surface area (Å²) in [6.07, 6.45) is 1.83. The van der Waals surface area contributed by atoms with E-state index in [9.17, 15) is 9.59 Å². The maximum absolute atomic E-state index is 13.3. The molecule has 0 unspecified atom stereocenters. The average molecular weight is 402 g/mol. The molecule has 0 aliphatic heterocycles. The quantitative estimate of drug-likeness (QED) is 0.614. The standard InChI is InChI=1S/C25H26N2O3/c1-3-30-21-12-8-17(9-13-21)16-27(2)25(29)22-14-19-6-4-5-7-20(19)15-23(22)26-24(28)18-10-11-18/h4-9,12-15,18H,3,10-11,16H2,1-2H3,(H,26,28). The Labute approximate surface area is 176 Å². The van der Waals surface area contributed by atoms with Crippen molar-refractivity contribution in [3.63, 3.8) is 0 Å². The van der Waals surface area contributed by atoms with Crippen molar-refractivity contribution in [1.82, 2.24) is 4.90 Å². The van der Waals surface area contributed by atoms with Gasteiger partial charge < -0.3 is 15.0 Å². The van der Waals surface area contributed by atoms with Crippen LogP contribution < -0.4 is 10.1 Å². The fraction of sp³-hybridized carbons (Fsp3) is 0.280. The van der Waals surface area contributed by atoms with Gasteiger partial charge in [0.05, 0.1) is 17.9 Å². The monoisotopic (exact) mass is 402 g/mol. The zero-order valence-corrected chi connectivity index (χ0v) is 17.4. The van der Waals surface area contributed by atoms with Crippen LogP contribution in [-0.2, 0) is 11.3 Å². The van der Waals surface area contributed by atoms with Gasteiger partial charge in [0, 0.05) is 19.5 Å². The first-order chi connectivity index (χ1) is 14.5. The van der Waals surface area contributed by atoms with Crippen LogP contribution in [0.2, 0.25) is 0 Å². The third-order valence-corrected chi connectivity index (χ3v) is 5.32. The van der Waals surface area contributed by atoms with E-state index in [0.717, 1.165) is 34.9 Å². The van der Waals surface area contributed by atoms with Crippen molar-refractivity contribution in [1.29, 1.82) is 0 Å². The maximum Gasteiger partial charge on any atom is 0.256 e. The number of hydrogen-bond donors (Lipinski definition) is 1. The highest BCUT2D eigenvalue weighted by Crippen LogP contribution is 2.32. The zero-order chi connectivity index (χ0) is 21.1. The summed E-state index contributed by atoms with van der Waals surface area (Å²) < 4.78 is 5.48. The molecule has 3 aromatic rings. The molecule has 2 amide bonds. The lowest BCUT2D eigenvalue weighted by Crippen LogP contribution is -2.27. The third-order valence-electron chi connectivity index (χ3n) is 5.32. The number of anilines is 1. The number of hydrogen-bond acceptors (Lipinski definition) is 3. The van der Waals surface area contributed by atoms with Crippen molar-refractivity contribution in [2.75, 3.05) is 19.0 Å². The molecular weight excluding hydrogens is 376 g/mol. The minimum Gasteiger partial charge on any atom is -0.494 e. The maximum atomic E-state index is 13.3. The van der Waals surface area contributed by atoms with E-state index in [1.807, 2.05) is 67.6 Å². The zero-order valence-electron chi connectivity index (χ0n) is 17.4. The Morgan fingerprint density at radius 1 is 1.03 bits per heavy atom. The Morgan fingerprint density at radius 3 is 2.33 bits per heavy atom. The van der Waals surface area contributed by atoms with E-state index in [0.29, 0.717) is 24.4 Å². The van der Waals surface area contributed by atoms with Crippen LogP contribution in [-0.4, -0.2) is 30.4 Å². The summed E-state index contributed by atoms with van der Waals surface area (Å²) in [5, 5.41) is 4.95. The molecule has 1 aliphatic carbocycles. The molecule has 1 saturated carbocycles. The number of amides is 2. The summed E-state index contributed by atoms with van der Waals surface area (Å²) in [4.78, 5) is 27.4. The fourth-order valence-corrected chi connectivity index (χ4v) is 3.51. The summed E-state index contributed by atoms with van der Waals surface area (Å²) in [7, 11) is 1.78. The van der Waals surface area contributed by atoms with Gasteiger partial charge in [0.1, 0.15) is 5.75 Å². The van der Waals surface area contributed by atoms with E-state index >= 15 is 0 Å². The Bertz CT molecular complexity index is 1070. The number of ether oxygens (including phenoxy) is 1. The Hall–Kier alpha value is -3.34. The van der Waals surface area contributed by atoms with Crippen LogP contribution in [0.15, 0.2) is 60.7 Å². The van der Waals surface area contributed by atoms with E-state index in [2.05, 4.69) is 5.32 Å². The highest BCUT2D eigenvalue weighted by molar-refractivity contribution is 6.08. The predicted octanol–water partition coefficient (Wildman–Crippen LogP) is 4.86. The largest absolute Gasteiger partial charge is 0.494 e. The van der Waals surface area contributed by atoms with E-state index in [4.69, 9.17) is 4.74 Å². The summed E-state index contributed by atoms with van der Waals surface area (Å²) in [6, 6.07) is 19.4. The van der Waals surface area contributed by atoms with Crippen LogP contribution in [0, 0.1) is 5.92 Å². The van der Waals surface area contributed by atoms with Gasteiger partial charge in [-0.3, -0.25) is 9.59 Å². The highest BCUT2D eigenvalue weighted by atomic mass is 16.5. The molecule has 0 heterocycles. The van der Waals surface area contributed by atoms with Gasteiger partial charge >= 0.3 is 0 Å². The molecule has 1 N–H and O–H groups in total. The Kier molecular flexibility index (Phi) is 5.70. The third kappa shape index (κ3) is 4.46. The molecule has 1 fully saturated rings. The van der Waals surface area contributed by atoms with E-state index < -0.39 is 0 Å². The molecule has 0 aromatic heterocycles. The predicted molar refractivity (Wildman–Crippen MR) is 119 cm³/mol. The summed E-state index contributed by atoms with van der Waals surface area (Å²) >= 11 is 0. The van der Waals surface area contributed by atoms with E-state index in [-0.39, 0.29) is 17.7 Å². The van der Waals surface area contributed by atoms with Crippen LogP contribution in [0.4, 0.5) is 5.69 Å². The second-order valence-electron chi connectivity index (χ2n) is 7.75. The van der Waals surface area contributed by atoms with Crippen molar-refractivity contribution in [2.24, 2.45) is 5.92 Å². The SMILES string of the molecule is CCOc1ccc(CN(C)C(=O)c2cc3ccccc3cc2NC(=O)C2CC2)cc1. The average Bonchev–Trinajstić information content (AvgIpc) is 3.60. The lowest BCUT2D eigenvalue weighted by molar-refractivity contribution is -0.117. The summed E-state index contributed by atoms with van der Waals surface area (Å²) in [5.41, 5.74) is 2.10. The minimum atomic E-state index is -0.124. The molecule has 0 saturated heterocycles. The Morgan fingerprint density at radius 2 is 1.70 bits per heavy atom. The first kappa shape index (κ1) is 20.0. The van der Waals surface area contributed by atoms with Gasteiger partial charge in [-0.15, -0.1) is 0 Å². The molecule has 4 rings (SSSR count). The van der Waals surface area contributed by atoms with Crippen LogP contribution in [0.25, 0.3) is 10.8 Å². The summed E-state index contributed by atoms with van der Waals surface area (Å²) in [5.74, 6) is 0.755. The molecule has 154 valence electrons. The highest BCUT2D eigenvalue weighted by Gasteiger charge is 2.30. The Balaban J connectivity index is 1.59. The molecule has 5 heteroatoms. The first-order valence-electron chi connectivity index (χ1n) is 10.4. The van der Waals surface area contributed by atoms with Gasteiger partial charge in [-0.05, 0) is 60.4 Å². The van der Waals surface area contributed by atoms with Crippen LogP contribution >= 0.6 is 0 Å². The molecule has 5 nitrogen and oxygen atoms in total. The number of carbonyl (C=O) groups excluding carboxylic acids is 2. The molecule has 0 spiro atoms. The first-order valence-corrected chi connectivity index (χ1v) is 10.4. The van der Waals surface area contributed by atoms with Gasteiger partial charge in [0.15, 0.2) is 0 Å². The summed E-state index contributed by atoms with van der Waals surface area (Å²) in [6.45, 7) is 3.03. The minimum absolute atomic E-state index is 0.00602. The van der Waals surface area contributed by atoms with Gasteiger partial charge in [-0.1, -0.05) is 36.4 Å². The molecule has 0 bridgehead atoms. The topological polar surface area (TPSA) is 58.6 Å². The van der Waals surface area contributed by atoms with Crippen molar-refractivity contribution in [2.45, 2.75) is 26.3 Å². The van der Waals surface area contributed by atoms with Crippen molar-refractivity contribution in [3.05, 3.63) is 71.8 Å². The van der Waals surface area contributed by atoms with Gasteiger partial charge in [-0.25, -0.2) is 0 Å². The normalized spacial score (nSPS) is 13.1. The van der Waals surface area contributed by atoms with Crippen molar-refractivity contribution in [3.8, 4) is 5.75 Å². The lowest BCUT2D eigenvalue weighted by atomic mass is 10.0. The number of rotatable bonds is 7. The fourth-order valence-electron chi connectivity index (χ4n) is 3.51. The van der Waals surface area contributed by atoms with Gasteiger partial charge in [0.25, 0.3) is 5.91 Å².